The van der Waals surface area contributed by atoms with E-state index in [0.29, 0.717) is 22.2 Å². The molecule has 0 spiro atoms. The van der Waals surface area contributed by atoms with Crippen LogP contribution < -0.4 is 5.48 Å². The highest BCUT2D eigenvalue weighted by atomic mass is 35.5. The normalized spacial score (nSPS) is 10.4. The van der Waals surface area contributed by atoms with Gasteiger partial charge in [0.05, 0.1) is 11.3 Å². The maximum atomic E-state index is 8.93. The summed E-state index contributed by atoms with van der Waals surface area (Å²) in [6.07, 6.45) is 0. The first-order chi connectivity index (χ1) is 7.74. The minimum atomic E-state index is 0.134. The summed E-state index contributed by atoms with van der Waals surface area (Å²) in [7, 11) is 0. The third kappa shape index (κ3) is 2.11. The molecule has 0 saturated heterocycles. The molecule has 0 unspecified atom stereocenters. The number of rotatable bonds is 3. The van der Waals surface area contributed by atoms with Crippen molar-refractivity contribution >= 4 is 28.9 Å². The van der Waals surface area contributed by atoms with Crippen LogP contribution in [0.1, 0.15) is 5.89 Å². The molecule has 0 radical (unpaired) electrons. The Labute approximate surface area is 101 Å². The van der Waals surface area contributed by atoms with E-state index in [2.05, 4.69) is 10.2 Å². The Morgan fingerprint density at radius 3 is 2.81 bits per heavy atom. The first-order valence-corrected chi connectivity index (χ1v) is 5.24. The molecule has 0 amide bonds. The van der Waals surface area contributed by atoms with E-state index < -0.39 is 0 Å². The monoisotopic (exact) mass is 259 g/mol. The number of hydrogen-bond donors (Lipinski definition) is 2. The van der Waals surface area contributed by atoms with Crippen LogP contribution in [0.25, 0.3) is 11.5 Å². The van der Waals surface area contributed by atoms with Crippen LogP contribution in [-0.2, 0) is 5.88 Å². The average Bonchev–Trinajstić information content (AvgIpc) is 2.77. The first-order valence-electron chi connectivity index (χ1n) is 4.33. The van der Waals surface area contributed by atoms with Gasteiger partial charge in [-0.2, -0.15) is 0 Å². The van der Waals surface area contributed by atoms with Crippen molar-refractivity contribution in [3.05, 3.63) is 29.1 Å². The van der Waals surface area contributed by atoms with Gasteiger partial charge in [0.1, 0.15) is 5.88 Å². The van der Waals surface area contributed by atoms with Gasteiger partial charge >= 0.3 is 0 Å². The molecule has 2 N–H and O–H groups in total. The van der Waals surface area contributed by atoms with Gasteiger partial charge < -0.3 is 4.42 Å². The highest BCUT2D eigenvalue weighted by Gasteiger charge is 2.12. The summed E-state index contributed by atoms with van der Waals surface area (Å²) in [5, 5.41) is 16.9. The zero-order chi connectivity index (χ0) is 11.5. The lowest BCUT2D eigenvalue weighted by Gasteiger charge is -2.04. The smallest absolute Gasteiger partial charge is 0.250 e. The quantitative estimate of drug-likeness (QED) is 0.655. The van der Waals surface area contributed by atoms with Crippen LogP contribution in [0.4, 0.5) is 5.69 Å². The van der Waals surface area contributed by atoms with Crippen molar-refractivity contribution < 1.29 is 9.62 Å². The number of nitrogens with zero attached hydrogens (tertiary/aromatic N) is 2. The fraction of sp³-hybridized carbons (Fsp3) is 0.111. The number of alkyl halides is 1. The van der Waals surface area contributed by atoms with Crippen LogP contribution in [0.3, 0.4) is 0 Å². The van der Waals surface area contributed by atoms with Gasteiger partial charge in [-0.05, 0) is 18.2 Å². The second-order valence-corrected chi connectivity index (χ2v) is 3.64. The molecule has 0 aliphatic heterocycles. The molecule has 7 heteroatoms. The summed E-state index contributed by atoms with van der Waals surface area (Å²) in [5.41, 5.74) is 2.97. The van der Waals surface area contributed by atoms with Gasteiger partial charge in [0.25, 0.3) is 0 Å². The Balaban J connectivity index is 2.49. The van der Waals surface area contributed by atoms with Crippen molar-refractivity contribution in [3.63, 3.8) is 0 Å². The van der Waals surface area contributed by atoms with Crippen molar-refractivity contribution in [2.24, 2.45) is 0 Å². The highest BCUT2D eigenvalue weighted by Crippen LogP contribution is 2.29. The van der Waals surface area contributed by atoms with E-state index in [1.54, 1.807) is 18.2 Å². The summed E-state index contributed by atoms with van der Waals surface area (Å²) in [4.78, 5) is 0. The largest absolute Gasteiger partial charge is 0.419 e. The molecule has 2 aromatic rings. The Hall–Kier alpha value is -1.30. The Kier molecular flexibility index (Phi) is 3.28. The number of aromatic nitrogens is 2. The summed E-state index contributed by atoms with van der Waals surface area (Å²) in [6.45, 7) is 0. The van der Waals surface area contributed by atoms with Crippen molar-refractivity contribution in [1.29, 1.82) is 0 Å². The molecule has 0 bridgehead atoms. The summed E-state index contributed by atoms with van der Waals surface area (Å²) < 4.78 is 5.25. The molecular weight excluding hydrogens is 253 g/mol. The van der Waals surface area contributed by atoms with Crippen LogP contribution in [0.5, 0.6) is 0 Å². The van der Waals surface area contributed by atoms with Crippen molar-refractivity contribution in [3.8, 4) is 11.5 Å². The third-order valence-corrected chi connectivity index (χ3v) is 2.38. The number of benzene rings is 1. The molecule has 0 fully saturated rings. The summed E-state index contributed by atoms with van der Waals surface area (Å²) in [5.74, 6) is 0.686. The lowest BCUT2D eigenvalue weighted by atomic mass is 10.2. The molecule has 0 aliphatic carbocycles. The molecule has 0 aliphatic rings. The van der Waals surface area contributed by atoms with Crippen LogP contribution in [-0.4, -0.2) is 15.4 Å². The van der Waals surface area contributed by atoms with Gasteiger partial charge in [0.2, 0.25) is 11.8 Å². The average molecular weight is 260 g/mol. The van der Waals surface area contributed by atoms with Gasteiger partial charge in [-0.25, -0.2) is 0 Å². The van der Waals surface area contributed by atoms with Gasteiger partial charge in [-0.15, -0.1) is 21.8 Å². The molecular formula is C9H7Cl2N3O2. The van der Waals surface area contributed by atoms with E-state index in [1.165, 1.54) is 0 Å². The fourth-order valence-corrected chi connectivity index (χ4v) is 1.49. The van der Waals surface area contributed by atoms with Crippen LogP contribution in [0.15, 0.2) is 22.6 Å². The van der Waals surface area contributed by atoms with Gasteiger partial charge in [0.15, 0.2) is 0 Å². The Morgan fingerprint density at radius 2 is 2.19 bits per heavy atom. The second kappa shape index (κ2) is 4.69. The van der Waals surface area contributed by atoms with E-state index in [-0.39, 0.29) is 11.8 Å². The van der Waals surface area contributed by atoms with E-state index in [9.17, 15) is 0 Å². The molecule has 2 rings (SSSR count). The summed E-state index contributed by atoms with van der Waals surface area (Å²) >= 11 is 11.4. The third-order valence-electron chi connectivity index (χ3n) is 1.91. The Bertz CT molecular complexity index is 501. The molecule has 0 saturated carbocycles. The molecule has 1 heterocycles. The lowest BCUT2D eigenvalue weighted by molar-refractivity contribution is 0.389. The predicted molar refractivity (Wildman–Crippen MR) is 59.7 cm³/mol. The van der Waals surface area contributed by atoms with E-state index >= 15 is 0 Å². The maximum Gasteiger partial charge on any atom is 0.250 e. The molecule has 0 atom stereocenters. The predicted octanol–water partition coefficient (Wildman–Crippen LogP) is 2.93. The number of hydrogen-bond acceptors (Lipinski definition) is 5. The molecule has 1 aromatic heterocycles. The maximum absolute atomic E-state index is 8.93. The van der Waals surface area contributed by atoms with Crippen LogP contribution in [0.2, 0.25) is 5.02 Å². The molecule has 1 aromatic carbocycles. The minimum absolute atomic E-state index is 0.134. The second-order valence-electron chi connectivity index (χ2n) is 2.94. The zero-order valence-electron chi connectivity index (χ0n) is 7.94. The standard InChI is InChI=1S/C9H7Cl2N3O2/c10-4-8-12-13-9(16-8)6-3-5(11)1-2-7(6)14-15/h1-3,14-15H,4H2. The van der Waals surface area contributed by atoms with E-state index in [4.69, 9.17) is 32.8 Å². The summed E-state index contributed by atoms with van der Waals surface area (Å²) in [6, 6.07) is 4.83. The molecule has 5 nitrogen and oxygen atoms in total. The number of halogens is 2. The van der Waals surface area contributed by atoms with Crippen molar-refractivity contribution in [2.75, 3.05) is 5.48 Å². The lowest BCUT2D eigenvalue weighted by Crippen LogP contribution is -1.92. The van der Waals surface area contributed by atoms with E-state index in [1.807, 2.05) is 5.48 Å². The van der Waals surface area contributed by atoms with Gasteiger partial charge in [-0.1, -0.05) is 11.6 Å². The molecule has 16 heavy (non-hydrogen) atoms. The van der Waals surface area contributed by atoms with Crippen molar-refractivity contribution in [2.45, 2.75) is 5.88 Å². The van der Waals surface area contributed by atoms with Gasteiger partial charge in [0, 0.05) is 5.02 Å². The first kappa shape index (κ1) is 11.2. The SMILES string of the molecule is ONc1ccc(Cl)cc1-c1nnc(CCl)o1. The number of nitrogens with one attached hydrogen (secondary N) is 1. The zero-order valence-corrected chi connectivity index (χ0v) is 9.46. The number of anilines is 1. The fourth-order valence-electron chi connectivity index (χ4n) is 1.21. The van der Waals surface area contributed by atoms with Crippen molar-refractivity contribution in [1.82, 2.24) is 10.2 Å². The topological polar surface area (TPSA) is 71.2 Å². The van der Waals surface area contributed by atoms with Crippen LogP contribution >= 0.6 is 23.2 Å². The van der Waals surface area contributed by atoms with Crippen LogP contribution in [0, 0.1) is 0 Å². The van der Waals surface area contributed by atoms with E-state index in [0.717, 1.165) is 0 Å². The highest BCUT2D eigenvalue weighted by molar-refractivity contribution is 6.31. The van der Waals surface area contributed by atoms with Gasteiger partial charge in [-0.3, -0.25) is 10.7 Å². The molecule has 84 valence electrons. The Morgan fingerprint density at radius 1 is 1.38 bits per heavy atom. The minimum Gasteiger partial charge on any atom is -0.419 e.